The first-order valence-electron chi connectivity index (χ1n) is 8.52. The number of nitrogens with zero attached hydrogens (tertiary/aromatic N) is 4. The van der Waals surface area contributed by atoms with E-state index in [1.807, 2.05) is 37.3 Å². The minimum atomic E-state index is 0.503. The Bertz CT molecular complexity index is 815. The Kier molecular flexibility index (Phi) is 4.47. The molecule has 3 aromatic heterocycles. The first-order valence-corrected chi connectivity index (χ1v) is 8.52. The van der Waals surface area contributed by atoms with Crippen LogP contribution in [0.4, 0.5) is 5.82 Å². The summed E-state index contributed by atoms with van der Waals surface area (Å²) in [5.74, 6) is 3.29. The van der Waals surface area contributed by atoms with Crippen LogP contribution in [0, 0.1) is 12.8 Å². The third-order valence-electron chi connectivity index (χ3n) is 4.40. The largest absolute Gasteiger partial charge is 0.461 e. The smallest absolute Gasteiger partial charge is 0.241 e. The quantitative estimate of drug-likeness (QED) is 0.739. The third-order valence-corrected chi connectivity index (χ3v) is 4.40. The topological polar surface area (TPSA) is 80.2 Å². The average Bonchev–Trinajstić information content (AvgIpc) is 3.35. The number of aryl methyl sites for hydroxylation is 1. The van der Waals surface area contributed by atoms with Crippen LogP contribution in [0.15, 0.2) is 45.5 Å². The molecule has 4 rings (SSSR count). The molecule has 0 bridgehead atoms. The molecule has 0 aromatic carbocycles. The number of furan rings is 1. The molecule has 0 spiro atoms. The number of pyridine rings is 1. The van der Waals surface area contributed by atoms with Crippen molar-refractivity contribution >= 4 is 5.82 Å². The van der Waals surface area contributed by atoms with Crippen LogP contribution < -0.4 is 5.32 Å². The van der Waals surface area contributed by atoms with Crippen molar-refractivity contribution in [3.05, 3.63) is 48.2 Å². The molecule has 1 aliphatic rings. The number of likely N-dealkylation sites (tertiary alicyclic amines) is 1. The van der Waals surface area contributed by atoms with E-state index in [9.17, 15) is 0 Å². The van der Waals surface area contributed by atoms with Crippen LogP contribution in [0.1, 0.15) is 18.0 Å². The van der Waals surface area contributed by atoms with Gasteiger partial charge in [0.05, 0.1) is 12.8 Å². The molecule has 1 N–H and O–H groups in total. The van der Waals surface area contributed by atoms with Crippen molar-refractivity contribution in [3.8, 4) is 11.6 Å². The van der Waals surface area contributed by atoms with Gasteiger partial charge in [-0.25, -0.2) is 4.98 Å². The molecule has 0 amide bonds. The van der Waals surface area contributed by atoms with Crippen LogP contribution in [0.25, 0.3) is 11.6 Å². The zero-order valence-electron chi connectivity index (χ0n) is 14.2. The Morgan fingerprint density at radius 3 is 3.04 bits per heavy atom. The van der Waals surface area contributed by atoms with Crippen molar-refractivity contribution in [2.75, 3.05) is 25.0 Å². The minimum Gasteiger partial charge on any atom is -0.461 e. The van der Waals surface area contributed by atoms with Gasteiger partial charge < -0.3 is 14.3 Å². The van der Waals surface area contributed by atoms with Gasteiger partial charge in [0.2, 0.25) is 11.7 Å². The SMILES string of the molecule is Cc1cccc(NC[C@H]2CCN(Cc3nc(-c4ccco4)no3)C2)n1. The monoisotopic (exact) mass is 339 g/mol. The van der Waals surface area contributed by atoms with Gasteiger partial charge in [0.25, 0.3) is 0 Å². The zero-order valence-corrected chi connectivity index (χ0v) is 14.2. The summed E-state index contributed by atoms with van der Waals surface area (Å²) < 4.78 is 10.6. The Hall–Kier alpha value is -2.67. The van der Waals surface area contributed by atoms with Crippen LogP contribution in [-0.2, 0) is 6.54 Å². The highest BCUT2D eigenvalue weighted by Crippen LogP contribution is 2.21. The van der Waals surface area contributed by atoms with E-state index in [-0.39, 0.29) is 0 Å². The van der Waals surface area contributed by atoms with Gasteiger partial charge in [0.1, 0.15) is 5.82 Å². The van der Waals surface area contributed by atoms with Crippen LogP contribution in [0.2, 0.25) is 0 Å². The van der Waals surface area contributed by atoms with E-state index >= 15 is 0 Å². The molecule has 1 fully saturated rings. The summed E-state index contributed by atoms with van der Waals surface area (Å²) in [6.45, 7) is 5.65. The van der Waals surface area contributed by atoms with Gasteiger partial charge in [0.15, 0.2) is 5.76 Å². The molecule has 1 atom stereocenters. The fourth-order valence-electron chi connectivity index (χ4n) is 3.13. The van der Waals surface area contributed by atoms with Crippen molar-refractivity contribution in [3.63, 3.8) is 0 Å². The molecular formula is C18H21N5O2. The lowest BCUT2D eigenvalue weighted by Gasteiger charge is -2.14. The summed E-state index contributed by atoms with van der Waals surface area (Å²) in [7, 11) is 0. The van der Waals surface area contributed by atoms with E-state index in [0.717, 1.165) is 37.6 Å². The molecule has 3 aromatic rings. The van der Waals surface area contributed by atoms with E-state index in [4.69, 9.17) is 8.94 Å². The Labute approximate surface area is 146 Å². The molecule has 1 aliphatic heterocycles. The lowest BCUT2D eigenvalue weighted by molar-refractivity contribution is 0.261. The summed E-state index contributed by atoms with van der Waals surface area (Å²) in [4.78, 5) is 11.2. The molecule has 0 radical (unpaired) electrons. The van der Waals surface area contributed by atoms with E-state index in [0.29, 0.717) is 29.9 Å². The number of aromatic nitrogens is 3. The van der Waals surface area contributed by atoms with E-state index in [1.54, 1.807) is 6.26 Å². The summed E-state index contributed by atoms with van der Waals surface area (Å²) >= 11 is 0. The summed E-state index contributed by atoms with van der Waals surface area (Å²) in [6, 6.07) is 9.67. The maximum absolute atomic E-state index is 5.34. The van der Waals surface area contributed by atoms with Gasteiger partial charge in [0, 0.05) is 18.8 Å². The molecule has 7 heteroatoms. The van der Waals surface area contributed by atoms with Gasteiger partial charge in [-0.3, -0.25) is 4.90 Å². The van der Waals surface area contributed by atoms with Crippen LogP contribution in [-0.4, -0.2) is 39.7 Å². The number of nitrogens with one attached hydrogen (secondary N) is 1. The second kappa shape index (κ2) is 7.06. The average molecular weight is 339 g/mol. The molecule has 7 nitrogen and oxygen atoms in total. The van der Waals surface area contributed by atoms with Crippen molar-refractivity contribution in [1.29, 1.82) is 0 Å². The molecule has 0 saturated carbocycles. The summed E-state index contributed by atoms with van der Waals surface area (Å²) in [5.41, 5.74) is 1.03. The predicted molar refractivity (Wildman–Crippen MR) is 92.8 cm³/mol. The molecule has 4 heterocycles. The molecule has 1 saturated heterocycles. The van der Waals surface area contributed by atoms with Crippen LogP contribution >= 0.6 is 0 Å². The number of hydrogen-bond acceptors (Lipinski definition) is 7. The zero-order chi connectivity index (χ0) is 17.1. The first kappa shape index (κ1) is 15.8. The van der Waals surface area contributed by atoms with E-state index < -0.39 is 0 Å². The molecule has 25 heavy (non-hydrogen) atoms. The second-order valence-electron chi connectivity index (χ2n) is 6.42. The number of rotatable bonds is 6. The molecule has 0 unspecified atom stereocenters. The second-order valence-corrected chi connectivity index (χ2v) is 6.42. The van der Waals surface area contributed by atoms with Gasteiger partial charge in [-0.2, -0.15) is 4.98 Å². The minimum absolute atomic E-state index is 0.503. The van der Waals surface area contributed by atoms with Gasteiger partial charge in [-0.1, -0.05) is 11.2 Å². The lowest BCUT2D eigenvalue weighted by atomic mass is 10.1. The summed E-state index contributed by atoms with van der Waals surface area (Å²) in [6.07, 6.45) is 2.75. The molecule has 130 valence electrons. The van der Waals surface area contributed by atoms with Crippen LogP contribution in [0.5, 0.6) is 0 Å². The fraction of sp³-hybridized carbons (Fsp3) is 0.389. The van der Waals surface area contributed by atoms with Crippen molar-refractivity contribution in [2.24, 2.45) is 5.92 Å². The van der Waals surface area contributed by atoms with Crippen molar-refractivity contribution < 1.29 is 8.94 Å². The molecular weight excluding hydrogens is 318 g/mol. The Morgan fingerprint density at radius 1 is 1.24 bits per heavy atom. The predicted octanol–water partition coefficient (Wildman–Crippen LogP) is 2.97. The number of anilines is 1. The Morgan fingerprint density at radius 2 is 2.20 bits per heavy atom. The van der Waals surface area contributed by atoms with Crippen molar-refractivity contribution in [2.45, 2.75) is 19.9 Å². The first-order chi connectivity index (χ1) is 12.3. The highest BCUT2D eigenvalue weighted by atomic mass is 16.5. The molecule has 0 aliphatic carbocycles. The standard InChI is InChI=1S/C18H21N5O2/c1-13-4-2-6-16(20-13)19-10-14-7-8-23(11-14)12-17-21-18(22-25-17)15-5-3-9-24-15/h2-6,9,14H,7-8,10-12H2,1H3,(H,19,20)/t14-/m1/s1. The van der Waals surface area contributed by atoms with E-state index in [2.05, 4.69) is 25.3 Å². The fourth-order valence-corrected chi connectivity index (χ4v) is 3.13. The number of hydrogen-bond donors (Lipinski definition) is 1. The maximum atomic E-state index is 5.34. The maximum Gasteiger partial charge on any atom is 0.241 e. The van der Waals surface area contributed by atoms with Gasteiger partial charge in [-0.05, 0) is 50.1 Å². The lowest BCUT2D eigenvalue weighted by Crippen LogP contribution is -2.23. The Balaban J connectivity index is 1.28. The van der Waals surface area contributed by atoms with E-state index in [1.165, 1.54) is 0 Å². The van der Waals surface area contributed by atoms with Gasteiger partial charge >= 0.3 is 0 Å². The van der Waals surface area contributed by atoms with Crippen LogP contribution in [0.3, 0.4) is 0 Å². The third kappa shape index (κ3) is 3.88. The van der Waals surface area contributed by atoms with Crippen molar-refractivity contribution in [1.82, 2.24) is 20.0 Å². The van der Waals surface area contributed by atoms with Gasteiger partial charge in [-0.15, -0.1) is 0 Å². The normalized spacial score (nSPS) is 17.9. The highest BCUT2D eigenvalue weighted by Gasteiger charge is 2.24. The summed E-state index contributed by atoms with van der Waals surface area (Å²) in [5, 5.41) is 7.41. The highest BCUT2D eigenvalue weighted by molar-refractivity contribution is 5.44.